The number of hydrogen-bond donors (Lipinski definition) is 0. The minimum absolute atomic E-state index is 0.102. The second-order valence-corrected chi connectivity index (χ2v) is 7.33. The Bertz CT molecular complexity index is 1180. The highest BCUT2D eigenvalue weighted by atomic mass is 32.2. The molecule has 0 aliphatic heterocycles. The molecule has 3 aromatic carbocycles. The first kappa shape index (κ1) is 19.1. The van der Waals surface area contributed by atoms with E-state index in [-0.39, 0.29) is 5.56 Å². The minimum Gasteiger partial charge on any atom is -0.497 e. The molecule has 4 aromatic rings. The second kappa shape index (κ2) is 8.84. The molecule has 146 valence electrons. The molecular formula is C23H20N2O3S. The number of methoxy groups -OCH3 is 1. The third-order valence-corrected chi connectivity index (χ3v) is 5.29. The molecule has 1 aromatic heterocycles. The van der Waals surface area contributed by atoms with Gasteiger partial charge in [0.05, 0.1) is 30.3 Å². The summed E-state index contributed by atoms with van der Waals surface area (Å²) in [7, 11) is 1.61. The average molecular weight is 404 g/mol. The summed E-state index contributed by atoms with van der Waals surface area (Å²) in [6.07, 6.45) is 0. The van der Waals surface area contributed by atoms with Crippen LogP contribution < -0.4 is 15.0 Å². The van der Waals surface area contributed by atoms with E-state index in [9.17, 15) is 4.79 Å². The third-order valence-electron chi connectivity index (χ3n) is 4.38. The standard InChI is InChI=1S/C23H20N2O3S/c1-27-19-11-7-8-17(16-19)25-22(26)20-12-5-6-13-21(20)24-23(25)29-15-14-28-18-9-3-2-4-10-18/h2-13,16H,14-15H2,1H3. The summed E-state index contributed by atoms with van der Waals surface area (Å²) >= 11 is 1.49. The van der Waals surface area contributed by atoms with Crippen molar-refractivity contribution in [3.05, 3.63) is 89.2 Å². The quantitative estimate of drug-likeness (QED) is 0.257. The van der Waals surface area contributed by atoms with E-state index < -0.39 is 0 Å². The Morgan fingerprint density at radius 1 is 0.931 bits per heavy atom. The van der Waals surface area contributed by atoms with Gasteiger partial charge < -0.3 is 9.47 Å². The van der Waals surface area contributed by atoms with Gasteiger partial charge in [0.15, 0.2) is 5.16 Å². The van der Waals surface area contributed by atoms with E-state index in [0.717, 1.165) is 11.4 Å². The lowest BCUT2D eigenvalue weighted by atomic mass is 10.2. The van der Waals surface area contributed by atoms with Gasteiger partial charge in [-0.3, -0.25) is 9.36 Å². The lowest BCUT2D eigenvalue weighted by Crippen LogP contribution is -2.22. The van der Waals surface area contributed by atoms with Crippen molar-refractivity contribution in [2.24, 2.45) is 0 Å². The predicted molar refractivity (Wildman–Crippen MR) is 117 cm³/mol. The Kier molecular flexibility index (Phi) is 5.81. The Hall–Kier alpha value is -3.25. The number of aromatic nitrogens is 2. The molecule has 6 heteroatoms. The van der Waals surface area contributed by atoms with Crippen LogP contribution in [0.5, 0.6) is 11.5 Å². The van der Waals surface area contributed by atoms with Crippen molar-refractivity contribution in [3.63, 3.8) is 0 Å². The van der Waals surface area contributed by atoms with Gasteiger partial charge in [-0.25, -0.2) is 4.98 Å². The second-order valence-electron chi connectivity index (χ2n) is 6.26. The molecule has 0 N–H and O–H groups in total. The fourth-order valence-electron chi connectivity index (χ4n) is 3.00. The van der Waals surface area contributed by atoms with E-state index in [2.05, 4.69) is 0 Å². The molecule has 0 radical (unpaired) electrons. The Morgan fingerprint density at radius 2 is 1.69 bits per heavy atom. The van der Waals surface area contributed by atoms with E-state index in [1.165, 1.54) is 11.8 Å². The molecule has 0 saturated heterocycles. The van der Waals surface area contributed by atoms with Crippen molar-refractivity contribution in [1.29, 1.82) is 0 Å². The highest BCUT2D eigenvalue weighted by Crippen LogP contribution is 2.23. The maximum atomic E-state index is 13.2. The zero-order valence-corrected chi connectivity index (χ0v) is 16.8. The van der Waals surface area contributed by atoms with E-state index >= 15 is 0 Å². The van der Waals surface area contributed by atoms with E-state index in [0.29, 0.717) is 34.2 Å². The number of para-hydroxylation sites is 2. The Labute approximate surface area is 172 Å². The van der Waals surface area contributed by atoms with Crippen LogP contribution in [0.2, 0.25) is 0 Å². The Balaban J connectivity index is 1.66. The number of benzene rings is 3. The van der Waals surface area contributed by atoms with Gasteiger partial charge in [-0.2, -0.15) is 0 Å². The van der Waals surface area contributed by atoms with Crippen LogP contribution in [0.25, 0.3) is 16.6 Å². The number of rotatable bonds is 7. The molecule has 0 saturated carbocycles. The largest absolute Gasteiger partial charge is 0.497 e. The number of hydrogen-bond acceptors (Lipinski definition) is 5. The van der Waals surface area contributed by atoms with Crippen LogP contribution in [-0.2, 0) is 0 Å². The van der Waals surface area contributed by atoms with E-state index in [1.54, 1.807) is 17.7 Å². The molecule has 1 heterocycles. The predicted octanol–water partition coefficient (Wildman–Crippen LogP) is 4.57. The van der Waals surface area contributed by atoms with Crippen molar-refractivity contribution in [2.45, 2.75) is 5.16 Å². The molecule has 0 spiro atoms. The zero-order valence-electron chi connectivity index (χ0n) is 15.9. The van der Waals surface area contributed by atoms with Crippen LogP contribution in [0.1, 0.15) is 0 Å². The van der Waals surface area contributed by atoms with Crippen LogP contribution in [-0.4, -0.2) is 29.0 Å². The van der Waals surface area contributed by atoms with Crippen molar-refractivity contribution < 1.29 is 9.47 Å². The monoisotopic (exact) mass is 404 g/mol. The molecule has 0 aliphatic carbocycles. The van der Waals surface area contributed by atoms with Crippen LogP contribution in [0, 0.1) is 0 Å². The van der Waals surface area contributed by atoms with Crippen molar-refractivity contribution in [1.82, 2.24) is 9.55 Å². The zero-order chi connectivity index (χ0) is 20.1. The highest BCUT2D eigenvalue weighted by molar-refractivity contribution is 7.99. The summed E-state index contributed by atoms with van der Waals surface area (Å²) in [4.78, 5) is 18.0. The average Bonchev–Trinajstić information content (AvgIpc) is 2.77. The van der Waals surface area contributed by atoms with Gasteiger partial charge in [0.1, 0.15) is 11.5 Å². The number of fused-ring (bicyclic) bond motifs is 1. The van der Waals surface area contributed by atoms with Gasteiger partial charge in [0, 0.05) is 11.8 Å². The number of nitrogens with zero attached hydrogens (tertiary/aromatic N) is 2. The maximum Gasteiger partial charge on any atom is 0.266 e. The van der Waals surface area contributed by atoms with Crippen LogP contribution in [0.15, 0.2) is 88.8 Å². The first-order valence-electron chi connectivity index (χ1n) is 9.23. The van der Waals surface area contributed by atoms with Crippen LogP contribution >= 0.6 is 11.8 Å². The first-order chi connectivity index (χ1) is 14.3. The maximum absolute atomic E-state index is 13.2. The summed E-state index contributed by atoms with van der Waals surface area (Å²) in [5, 5.41) is 1.21. The summed E-state index contributed by atoms with van der Waals surface area (Å²) < 4.78 is 12.7. The molecule has 0 unspecified atom stereocenters. The summed E-state index contributed by atoms with van der Waals surface area (Å²) in [6, 6.07) is 24.5. The number of ether oxygens (including phenoxy) is 2. The first-order valence-corrected chi connectivity index (χ1v) is 10.2. The lowest BCUT2D eigenvalue weighted by Gasteiger charge is -2.14. The smallest absolute Gasteiger partial charge is 0.266 e. The highest BCUT2D eigenvalue weighted by Gasteiger charge is 2.13. The van der Waals surface area contributed by atoms with Gasteiger partial charge in [-0.15, -0.1) is 0 Å². The van der Waals surface area contributed by atoms with E-state index in [1.807, 2.05) is 72.8 Å². The summed E-state index contributed by atoms with van der Waals surface area (Å²) in [5.41, 5.74) is 1.30. The Morgan fingerprint density at radius 3 is 2.52 bits per heavy atom. The van der Waals surface area contributed by atoms with E-state index in [4.69, 9.17) is 14.5 Å². The molecule has 0 bridgehead atoms. The van der Waals surface area contributed by atoms with Crippen LogP contribution in [0.4, 0.5) is 0 Å². The van der Waals surface area contributed by atoms with Gasteiger partial charge in [0.2, 0.25) is 0 Å². The van der Waals surface area contributed by atoms with Crippen molar-refractivity contribution >= 4 is 22.7 Å². The molecule has 0 amide bonds. The fraction of sp³-hybridized carbons (Fsp3) is 0.130. The molecule has 0 atom stereocenters. The molecular weight excluding hydrogens is 384 g/mol. The van der Waals surface area contributed by atoms with Crippen molar-refractivity contribution in [2.75, 3.05) is 19.5 Å². The van der Waals surface area contributed by atoms with Gasteiger partial charge in [0.25, 0.3) is 5.56 Å². The van der Waals surface area contributed by atoms with Crippen LogP contribution in [0.3, 0.4) is 0 Å². The normalized spacial score (nSPS) is 10.8. The fourth-order valence-corrected chi connectivity index (χ4v) is 3.83. The van der Waals surface area contributed by atoms with Gasteiger partial charge in [-0.1, -0.05) is 48.2 Å². The molecule has 4 rings (SSSR count). The number of thioether (sulfide) groups is 1. The summed E-state index contributed by atoms with van der Waals surface area (Å²) in [6.45, 7) is 0.509. The summed E-state index contributed by atoms with van der Waals surface area (Å²) in [5.74, 6) is 2.17. The minimum atomic E-state index is -0.102. The molecule has 5 nitrogen and oxygen atoms in total. The molecule has 29 heavy (non-hydrogen) atoms. The van der Waals surface area contributed by atoms with Gasteiger partial charge in [-0.05, 0) is 36.4 Å². The lowest BCUT2D eigenvalue weighted by molar-refractivity contribution is 0.344. The molecule has 0 fully saturated rings. The third kappa shape index (κ3) is 4.27. The van der Waals surface area contributed by atoms with Crippen molar-refractivity contribution in [3.8, 4) is 17.2 Å². The topological polar surface area (TPSA) is 53.4 Å². The van der Waals surface area contributed by atoms with Gasteiger partial charge >= 0.3 is 0 Å². The SMILES string of the molecule is COc1cccc(-n2c(SCCOc3ccccc3)nc3ccccc3c2=O)c1. The molecule has 0 aliphatic rings.